The van der Waals surface area contributed by atoms with E-state index in [0.717, 1.165) is 6.08 Å². The van der Waals surface area contributed by atoms with Gasteiger partial charge in [0, 0.05) is 0 Å². The number of carbonyl (C=O) groups excluding carboxylic acids is 1. The largest absolute Gasteiger partial charge is 0.414 e. The van der Waals surface area contributed by atoms with Gasteiger partial charge in [0.25, 0.3) is 0 Å². The van der Waals surface area contributed by atoms with Gasteiger partial charge in [0.05, 0.1) is 16.6 Å². The van der Waals surface area contributed by atoms with Crippen molar-refractivity contribution in [2.75, 3.05) is 0 Å². The monoisotopic (exact) mass is 223 g/mol. The first-order valence-corrected chi connectivity index (χ1v) is 4.09. The normalized spacial score (nSPS) is 22.1. The van der Waals surface area contributed by atoms with Gasteiger partial charge in [-0.15, -0.1) is 11.6 Å². The van der Waals surface area contributed by atoms with Crippen LogP contribution in [0.4, 0.5) is 13.2 Å². The Morgan fingerprint density at radius 2 is 2.21 bits per heavy atom. The Bertz CT molecular complexity index is 339. The highest BCUT2D eigenvalue weighted by atomic mass is 35.5. The third kappa shape index (κ3) is 2.47. The predicted octanol–water partition coefficient (Wildman–Crippen LogP) is 2.71. The molecule has 1 atom stereocenters. The molecule has 0 radical (unpaired) electrons. The number of nitrogens with zero attached hydrogens (tertiary/aromatic N) is 1. The van der Waals surface area contributed by atoms with Gasteiger partial charge >= 0.3 is 6.18 Å². The van der Waals surface area contributed by atoms with Gasteiger partial charge in [-0.25, -0.2) is 4.79 Å². The van der Waals surface area contributed by atoms with Crippen LogP contribution < -0.4 is 0 Å². The van der Waals surface area contributed by atoms with Crippen LogP contribution in [0.15, 0.2) is 28.4 Å². The van der Waals surface area contributed by atoms with E-state index < -0.39 is 17.1 Å². The molecule has 0 bridgehead atoms. The Kier molecular flexibility index (Phi) is 3.13. The molecule has 0 amide bonds. The Labute approximate surface area is 82.8 Å². The Morgan fingerprint density at radius 3 is 2.71 bits per heavy atom. The summed E-state index contributed by atoms with van der Waals surface area (Å²) < 4.78 is 36.9. The van der Waals surface area contributed by atoms with E-state index in [2.05, 4.69) is 4.99 Å². The molecule has 0 aromatic rings. The SMILES string of the molecule is O=C=NC1=CCC(Cl)C(C(F)(F)F)=C1. The van der Waals surface area contributed by atoms with Crippen LogP contribution in [0.1, 0.15) is 6.42 Å². The molecular formula is C8H5ClF3NO. The molecule has 0 saturated heterocycles. The zero-order valence-corrected chi connectivity index (χ0v) is 7.56. The zero-order chi connectivity index (χ0) is 10.8. The summed E-state index contributed by atoms with van der Waals surface area (Å²) in [4.78, 5) is 12.9. The number of hydrogen-bond acceptors (Lipinski definition) is 2. The van der Waals surface area contributed by atoms with Crippen molar-refractivity contribution in [2.24, 2.45) is 4.99 Å². The number of isocyanates is 1. The van der Waals surface area contributed by atoms with E-state index in [4.69, 9.17) is 11.6 Å². The highest BCUT2D eigenvalue weighted by Gasteiger charge is 2.38. The summed E-state index contributed by atoms with van der Waals surface area (Å²) in [6.45, 7) is 0. The number of alkyl halides is 4. The molecule has 0 aliphatic heterocycles. The van der Waals surface area contributed by atoms with Crippen LogP contribution in [-0.4, -0.2) is 17.6 Å². The number of halogens is 4. The van der Waals surface area contributed by atoms with E-state index in [-0.39, 0.29) is 12.1 Å². The van der Waals surface area contributed by atoms with E-state index in [1.165, 1.54) is 12.2 Å². The van der Waals surface area contributed by atoms with Crippen LogP contribution in [0, 0.1) is 0 Å². The molecule has 6 heteroatoms. The van der Waals surface area contributed by atoms with Gasteiger partial charge in [-0.3, -0.25) is 0 Å². The van der Waals surface area contributed by atoms with Gasteiger partial charge < -0.3 is 0 Å². The first kappa shape index (κ1) is 11.0. The number of aliphatic imine (C=N–C) groups is 1. The lowest BCUT2D eigenvalue weighted by molar-refractivity contribution is -0.0936. The molecular weight excluding hydrogens is 219 g/mol. The van der Waals surface area contributed by atoms with Gasteiger partial charge in [0.1, 0.15) is 0 Å². The van der Waals surface area contributed by atoms with Crippen molar-refractivity contribution in [3.8, 4) is 0 Å². The molecule has 1 aliphatic carbocycles. The highest BCUT2D eigenvalue weighted by molar-refractivity contribution is 6.22. The summed E-state index contributed by atoms with van der Waals surface area (Å²) >= 11 is 5.46. The fourth-order valence-corrected chi connectivity index (χ4v) is 1.33. The van der Waals surface area contributed by atoms with Crippen molar-refractivity contribution >= 4 is 17.7 Å². The minimum Gasteiger partial charge on any atom is -0.211 e. The molecule has 14 heavy (non-hydrogen) atoms. The van der Waals surface area contributed by atoms with Crippen LogP contribution in [0.5, 0.6) is 0 Å². The summed E-state index contributed by atoms with van der Waals surface area (Å²) in [5, 5.41) is -1.11. The van der Waals surface area contributed by atoms with Crippen LogP contribution in [0.3, 0.4) is 0 Å². The molecule has 0 aromatic carbocycles. The molecule has 0 aromatic heterocycles. The van der Waals surface area contributed by atoms with Gasteiger partial charge in [-0.1, -0.05) is 6.08 Å². The topological polar surface area (TPSA) is 29.4 Å². The molecule has 0 heterocycles. The van der Waals surface area contributed by atoms with Crippen LogP contribution in [0.2, 0.25) is 0 Å². The minimum absolute atomic E-state index is 0.00735. The quantitative estimate of drug-likeness (QED) is 0.382. The fourth-order valence-electron chi connectivity index (χ4n) is 1.05. The zero-order valence-electron chi connectivity index (χ0n) is 6.81. The summed E-state index contributed by atoms with van der Waals surface area (Å²) in [5.74, 6) is 0. The Morgan fingerprint density at radius 1 is 1.57 bits per heavy atom. The third-order valence-electron chi connectivity index (χ3n) is 1.68. The first-order valence-electron chi connectivity index (χ1n) is 3.66. The fraction of sp³-hybridized carbons (Fsp3) is 0.375. The standard InChI is InChI=1S/C8H5ClF3NO/c9-7-2-1-5(13-4-14)3-6(7)8(10,11)12/h1,3,7H,2H2. The summed E-state index contributed by atoms with van der Waals surface area (Å²) in [5.41, 5.74) is -0.931. The van der Waals surface area contributed by atoms with E-state index in [1.807, 2.05) is 0 Å². The molecule has 1 rings (SSSR count). The van der Waals surface area contributed by atoms with Crippen molar-refractivity contribution < 1.29 is 18.0 Å². The molecule has 1 aliphatic rings. The van der Waals surface area contributed by atoms with Crippen molar-refractivity contribution in [1.82, 2.24) is 0 Å². The average molecular weight is 224 g/mol. The van der Waals surface area contributed by atoms with Crippen molar-refractivity contribution in [2.45, 2.75) is 18.0 Å². The van der Waals surface area contributed by atoms with Crippen LogP contribution in [-0.2, 0) is 4.79 Å². The molecule has 0 N–H and O–H groups in total. The van der Waals surface area contributed by atoms with Crippen molar-refractivity contribution in [3.63, 3.8) is 0 Å². The summed E-state index contributed by atoms with van der Waals surface area (Å²) in [6.07, 6.45) is -1.18. The second-order valence-corrected chi connectivity index (χ2v) is 3.16. The van der Waals surface area contributed by atoms with Gasteiger partial charge in [0.2, 0.25) is 6.08 Å². The maximum Gasteiger partial charge on any atom is 0.414 e. The van der Waals surface area contributed by atoms with Crippen LogP contribution >= 0.6 is 11.6 Å². The Hall–Kier alpha value is -1.06. The van der Waals surface area contributed by atoms with Gasteiger partial charge in [-0.2, -0.15) is 18.2 Å². The van der Waals surface area contributed by atoms with E-state index in [9.17, 15) is 18.0 Å². The lowest BCUT2D eigenvalue weighted by Crippen LogP contribution is -2.22. The minimum atomic E-state index is -4.48. The Balaban J connectivity index is 3.02. The maximum absolute atomic E-state index is 12.3. The second-order valence-electron chi connectivity index (χ2n) is 2.63. The van der Waals surface area contributed by atoms with E-state index in [1.54, 1.807) is 0 Å². The lowest BCUT2D eigenvalue weighted by atomic mass is 10.0. The number of allylic oxidation sites excluding steroid dienone is 3. The molecule has 0 saturated carbocycles. The first-order chi connectivity index (χ1) is 6.45. The summed E-state index contributed by atoms with van der Waals surface area (Å²) in [7, 11) is 0. The summed E-state index contributed by atoms with van der Waals surface area (Å²) in [6, 6.07) is 0. The van der Waals surface area contributed by atoms with Crippen molar-refractivity contribution in [3.05, 3.63) is 23.4 Å². The maximum atomic E-state index is 12.3. The number of rotatable bonds is 1. The molecule has 76 valence electrons. The predicted molar refractivity (Wildman–Crippen MR) is 44.6 cm³/mol. The average Bonchev–Trinajstić information content (AvgIpc) is 2.07. The second kappa shape index (κ2) is 3.98. The smallest absolute Gasteiger partial charge is 0.211 e. The van der Waals surface area contributed by atoms with E-state index in [0.29, 0.717) is 0 Å². The molecule has 0 fully saturated rings. The number of hydrogen-bond donors (Lipinski definition) is 0. The van der Waals surface area contributed by atoms with E-state index >= 15 is 0 Å². The van der Waals surface area contributed by atoms with Gasteiger partial charge in [-0.05, 0) is 12.5 Å². The molecule has 0 spiro atoms. The van der Waals surface area contributed by atoms with Crippen LogP contribution in [0.25, 0.3) is 0 Å². The van der Waals surface area contributed by atoms with Gasteiger partial charge in [0.15, 0.2) is 0 Å². The molecule has 2 nitrogen and oxygen atoms in total. The van der Waals surface area contributed by atoms with Crippen molar-refractivity contribution in [1.29, 1.82) is 0 Å². The highest BCUT2D eigenvalue weighted by Crippen LogP contribution is 2.35. The lowest BCUT2D eigenvalue weighted by Gasteiger charge is -2.18. The molecule has 1 unspecified atom stereocenters. The third-order valence-corrected chi connectivity index (χ3v) is 2.09.